The summed E-state index contributed by atoms with van der Waals surface area (Å²) >= 11 is 0.703. The number of hydrogen-bond acceptors (Lipinski definition) is 4. The molecule has 1 fully saturated rings. The van der Waals surface area contributed by atoms with Gasteiger partial charge in [0.25, 0.3) is 10.0 Å². The zero-order chi connectivity index (χ0) is 16.8. The van der Waals surface area contributed by atoms with E-state index in [0.29, 0.717) is 23.6 Å². The van der Waals surface area contributed by atoms with Crippen LogP contribution in [-0.2, 0) is 22.7 Å². The first-order chi connectivity index (χ1) is 10.7. The first-order valence-corrected chi connectivity index (χ1v) is 9.33. The van der Waals surface area contributed by atoms with E-state index in [-0.39, 0.29) is 15.8 Å². The highest BCUT2D eigenvalue weighted by Gasteiger charge is 2.35. The number of aromatic nitrogens is 2. The molecule has 2 heterocycles. The molecule has 0 spiro atoms. The van der Waals surface area contributed by atoms with Crippen LogP contribution in [0.5, 0.6) is 0 Å². The lowest BCUT2D eigenvalue weighted by Gasteiger charge is -2.05. The Balaban J connectivity index is 1.90. The van der Waals surface area contributed by atoms with Gasteiger partial charge in [-0.1, -0.05) is 0 Å². The number of hydrogen-bond donors (Lipinski definition) is 1. The second-order valence-electron chi connectivity index (χ2n) is 5.31. The Morgan fingerprint density at radius 2 is 2.13 bits per heavy atom. The third-order valence-electron chi connectivity index (χ3n) is 3.49. The van der Waals surface area contributed by atoms with Crippen LogP contribution < -0.4 is 4.72 Å². The van der Waals surface area contributed by atoms with E-state index in [0.717, 1.165) is 24.3 Å². The van der Waals surface area contributed by atoms with Crippen molar-refractivity contribution in [1.82, 2.24) is 9.78 Å². The molecule has 0 unspecified atom stereocenters. The minimum absolute atomic E-state index is 0.0452. The summed E-state index contributed by atoms with van der Waals surface area (Å²) < 4.78 is 66.6. The summed E-state index contributed by atoms with van der Waals surface area (Å²) in [5, 5.41) is 5.08. The van der Waals surface area contributed by atoms with E-state index in [1.165, 1.54) is 10.9 Å². The molecule has 2 aromatic heterocycles. The number of alkyl halides is 3. The third-order valence-corrected chi connectivity index (χ3v) is 5.85. The van der Waals surface area contributed by atoms with Gasteiger partial charge in [0.05, 0.1) is 11.3 Å². The van der Waals surface area contributed by atoms with Gasteiger partial charge >= 0.3 is 6.18 Å². The molecular weight excluding hydrogens is 351 g/mol. The van der Waals surface area contributed by atoms with Gasteiger partial charge in [-0.15, -0.1) is 11.3 Å². The van der Waals surface area contributed by atoms with Crippen LogP contribution in [0.1, 0.15) is 36.9 Å². The van der Waals surface area contributed by atoms with Gasteiger partial charge in [-0.25, -0.2) is 8.42 Å². The van der Waals surface area contributed by atoms with E-state index in [4.69, 9.17) is 0 Å². The monoisotopic (exact) mass is 365 g/mol. The third kappa shape index (κ3) is 3.37. The molecule has 23 heavy (non-hydrogen) atoms. The van der Waals surface area contributed by atoms with Crippen molar-refractivity contribution in [1.29, 1.82) is 0 Å². The van der Waals surface area contributed by atoms with E-state index in [9.17, 15) is 21.6 Å². The number of nitrogens with zero attached hydrogens (tertiary/aromatic N) is 2. The summed E-state index contributed by atoms with van der Waals surface area (Å²) in [6, 6.07) is 0.795. The smallest absolute Gasteiger partial charge is 0.271 e. The molecule has 3 rings (SSSR count). The van der Waals surface area contributed by atoms with E-state index in [1.54, 1.807) is 0 Å². The fraction of sp³-hybridized carbons (Fsp3) is 0.462. The Kier molecular flexibility index (Phi) is 3.91. The normalized spacial score (nSPS) is 15.8. The van der Waals surface area contributed by atoms with Gasteiger partial charge in [0, 0.05) is 24.0 Å². The highest BCUT2D eigenvalue weighted by molar-refractivity contribution is 7.93. The Morgan fingerprint density at radius 1 is 1.43 bits per heavy atom. The molecule has 1 aliphatic rings. The van der Waals surface area contributed by atoms with Crippen molar-refractivity contribution in [3.8, 4) is 0 Å². The molecule has 0 amide bonds. The van der Waals surface area contributed by atoms with E-state index in [2.05, 4.69) is 9.82 Å². The summed E-state index contributed by atoms with van der Waals surface area (Å²) in [6.45, 7) is 2.36. The number of nitrogens with one attached hydrogen (secondary N) is 1. The van der Waals surface area contributed by atoms with Crippen LogP contribution in [0.2, 0.25) is 0 Å². The summed E-state index contributed by atoms with van der Waals surface area (Å²) in [5.41, 5.74) is -0.376. The molecule has 2 aromatic rings. The number of anilines is 1. The SMILES string of the molecule is CCn1cc(S(=O)(=O)Nc2cc(C(F)(F)F)cs2)c(C2CC2)n1. The van der Waals surface area contributed by atoms with Crippen molar-refractivity contribution >= 4 is 26.4 Å². The fourth-order valence-electron chi connectivity index (χ4n) is 2.15. The number of halogens is 3. The Bertz CT molecular complexity index is 820. The van der Waals surface area contributed by atoms with Crippen LogP contribution in [0.15, 0.2) is 22.5 Å². The van der Waals surface area contributed by atoms with E-state index >= 15 is 0 Å². The minimum atomic E-state index is -4.49. The van der Waals surface area contributed by atoms with E-state index in [1.807, 2.05) is 6.92 Å². The molecule has 126 valence electrons. The van der Waals surface area contributed by atoms with Gasteiger partial charge in [0.1, 0.15) is 9.90 Å². The molecule has 5 nitrogen and oxygen atoms in total. The molecule has 1 N–H and O–H groups in total. The fourth-order valence-corrected chi connectivity index (χ4v) is 4.50. The maximum absolute atomic E-state index is 12.6. The average molecular weight is 365 g/mol. The van der Waals surface area contributed by atoms with Gasteiger partial charge in [0.2, 0.25) is 0 Å². The molecule has 0 saturated heterocycles. The number of rotatable bonds is 5. The van der Waals surface area contributed by atoms with Gasteiger partial charge < -0.3 is 0 Å². The number of thiophene rings is 1. The maximum atomic E-state index is 12.6. The van der Waals surface area contributed by atoms with Crippen molar-refractivity contribution in [2.75, 3.05) is 4.72 Å². The minimum Gasteiger partial charge on any atom is -0.271 e. The molecule has 10 heteroatoms. The lowest BCUT2D eigenvalue weighted by atomic mass is 10.3. The van der Waals surface area contributed by atoms with Crippen molar-refractivity contribution in [2.24, 2.45) is 0 Å². The lowest BCUT2D eigenvalue weighted by molar-refractivity contribution is -0.137. The Morgan fingerprint density at radius 3 is 2.65 bits per heavy atom. The zero-order valence-corrected chi connectivity index (χ0v) is 13.7. The summed E-state index contributed by atoms with van der Waals surface area (Å²) in [7, 11) is -3.96. The van der Waals surface area contributed by atoms with Gasteiger partial charge in [-0.2, -0.15) is 18.3 Å². The molecule has 1 saturated carbocycles. The van der Waals surface area contributed by atoms with Crippen LogP contribution in [-0.4, -0.2) is 18.2 Å². The summed E-state index contributed by atoms with van der Waals surface area (Å²) in [4.78, 5) is 0.0452. The maximum Gasteiger partial charge on any atom is 0.417 e. The highest BCUT2D eigenvalue weighted by atomic mass is 32.2. The van der Waals surface area contributed by atoms with Crippen molar-refractivity contribution in [3.05, 3.63) is 28.9 Å². The first-order valence-electron chi connectivity index (χ1n) is 6.96. The van der Waals surface area contributed by atoms with Gasteiger partial charge in [-0.05, 0) is 25.8 Å². The quantitative estimate of drug-likeness (QED) is 0.879. The topological polar surface area (TPSA) is 64.0 Å². The van der Waals surface area contributed by atoms with Crippen LogP contribution in [0.3, 0.4) is 0 Å². The lowest BCUT2D eigenvalue weighted by Crippen LogP contribution is -2.13. The molecular formula is C13H14F3N3O2S2. The van der Waals surface area contributed by atoms with Crippen LogP contribution in [0, 0.1) is 0 Å². The van der Waals surface area contributed by atoms with Gasteiger partial charge in [0.15, 0.2) is 0 Å². The first kappa shape index (κ1) is 16.3. The van der Waals surface area contributed by atoms with Crippen LogP contribution in [0.4, 0.5) is 18.2 Å². The van der Waals surface area contributed by atoms with E-state index < -0.39 is 21.8 Å². The molecule has 0 aromatic carbocycles. The highest BCUT2D eigenvalue weighted by Crippen LogP contribution is 2.42. The van der Waals surface area contributed by atoms with Crippen molar-refractivity contribution in [2.45, 2.75) is 43.3 Å². The average Bonchev–Trinajstić information content (AvgIpc) is 3.01. The molecule has 1 aliphatic carbocycles. The predicted molar refractivity (Wildman–Crippen MR) is 80.0 cm³/mol. The van der Waals surface area contributed by atoms with Crippen LogP contribution >= 0.6 is 11.3 Å². The van der Waals surface area contributed by atoms with Crippen molar-refractivity contribution < 1.29 is 21.6 Å². The number of aryl methyl sites for hydroxylation is 1. The summed E-state index contributed by atoms with van der Waals surface area (Å²) in [5.74, 6) is 0.114. The second kappa shape index (κ2) is 5.52. The van der Waals surface area contributed by atoms with Crippen LogP contribution in [0.25, 0.3) is 0 Å². The van der Waals surface area contributed by atoms with Gasteiger partial charge in [-0.3, -0.25) is 9.40 Å². The summed E-state index contributed by atoms with van der Waals surface area (Å²) in [6.07, 6.45) is -1.32. The Labute approximate surface area is 135 Å². The standard InChI is InChI=1S/C13H14F3N3O2S2/c1-2-19-6-10(12(17-19)8-3-4-8)23(20,21)18-11-5-9(7-22-11)13(14,15)16/h5-8,18H,2-4H2,1H3. The molecule has 0 aliphatic heterocycles. The second-order valence-corrected chi connectivity index (χ2v) is 7.87. The predicted octanol–water partition coefficient (Wildman–Crippen LogP) is 3.66. The molecule has 0 bridgehead atoms. The largest absolute Gasteiger partial charge is 0.417 e. The molecule has 0 atom stereocenters. The molecule has 0 radical (unpaired) electrons. The Hall–Kier alpha value is -1.55. The van der Waals surface area contributed by atoms with Crippen molar-refractivity contribution in [3.63, 3.8) is 0 Å². The number of sulfonamides is 1. The zero-order valence-electron chi connectivity index (χ0n) is 12.1.